The van der Waals surface area contributed by atoms with Crippen LogP contribution in [0.15, 0.2) is 24.3 Å². The second kappa shape index (κ2) is 7.34. The van der Waals surface area contributed by atoms with E-state index in [0.29, 0.717) is 0 Å². The zero-order valence-corrected chi connectivity index (χ0v) is 16.1. The highest BCUT2D eigenvalue weighted by Crippen LogP contribution is 2.35. The summed E-state index contributed by atoms with van der Waals surface area (Å²) in [5, 5.41) is 15.3. The van der Waals surface area contributed by atoms with Gasteiger partial charge in [0.05, 0.1) is 13.2 Å². The molecule has 138 valence electrons. The second-order valence-corrected chi connectivity index (χ2v) is 7.67. The normalized spacial score (nSPS) is 17.0. The van der Waals surface area contributed by atoms with Gasteiger partial charge in [-0.15, -0.1) is 5.10 Å². The standard InChI is InChI=1S/C19H24N4O2S/c1-3-13-5-7-14(8-6-13)16(22-9-11-25-12-10-22)17-18(24)23-19(26-17)20-15(4-2)21-23/h5-8,16,24H,3-4,9-12H2,1-2H3/p+1/t16-/m1/s1. The fourth-order valence-electron chi connectivity index (χ4n) is 3.57. The van der Waals surface area contributed by atoms with Gasteiger partial charge >= 0.3 is 0 Å². The minimum absolute atomic E-state index is 0.0726. The van der Waals surface area contributed by atoms with E-state index in [9.17, 15) is 5.11 Å². The van der Waals surface area contributed by atoms with E-state index in [4.69, 9.17) is 4.74 Å². The molecule has 0 spiro atoms. The smallest absolute Gasteiger partial charge is 0.235 e. The van der Waals surface area contributed by atoms with Crippen LogP contribution in [0.3, 0.4) is 0 Å². The molecule has 1 saturated heterocycles. The molecule has 3 aromatic rings. The second-order valence-electron chi connectivity index (χ2n) is 6.66. The molecule has 1 fully saturated rings. The highest BCUT2D eigenvalue weighted by Gasteiger charge is 2.33. The fraction of sp³-hybridized carbons (Fsp3) is 0.474. The molecule has 0 aliphatic carbocycles. The fourth-order valence-corrected chi connectivity index (χ4v) is 4.73. The first-order chi connectivity index (χ1) is 12.7. The van der Waals surface area contributed by atoms with E-state index >= 15 is 0 Å². The number of nitrogens with zero attached hydrogens (tertiary/aromatic N) is 3. The number of aromatic nitrogens is 3. The van der Waals surface area contributed by atoms with Gasteiger partial charge in [0.1, 0.15) is 18.0 Å². The molecule has 0 unspecified atom stereocenters. The lowest BCUT2D eigenvalue weighted by Gasteiger charge is -2.31. The van der Waals surface area contributed by atoms with Crippen LogP contribution in [-0.4, -0.2) is 46.0 Å². The third-order valence-corrected chi connectivity index (χ3v) is 6.17. The molecule has 3 heterocycles. The molecule has 26 heavy (non-hydrogen) atoms. The van der Waals surface area contributed by atoms with Crippen LogP contribution in [0, 0.1) is 0 Å². The van der Waals surface area contributed by atoms with Crippen LogP contribution in [-0.2, 0) is 17.6 Å². The molecule has 0 bridgehead atoms. The van der Waals surface area contributed by atoms with Gasteiger partial charge in [-0.1, -0.05) is 49.4 Å². The van der Waals surface area contributed by atoms with Crippen LogP contribution < -0.4 is 4.90 Å². The lowest BCUT2D eigenvalue weighted by molar-refractivity contribution is -0.932. The van der Waals surface area contributed by atoms with E-state index in [-0.39, 0.29) is 11.9 Å². The maximum absolute atomic E-state index is 10.9. The van der Waals surface area contributed by atoms with Crippen LogP contribution in [0.5, 0.6) is 5.88 Å². The Balaban J connectivity index is 1.78. The summed E-state index contributed by atoms with van der Waals surface area (Å²) in [6.07, 6.45) is 1.79. The highest BCUT2D eigenvalue weighted by molar-refractivity contribution is 7.17. The van der Waals surface area contributed by atoms with E-state index in [0.717, 1.165) is 54.8 Å². The third kappa shape index (κ3) is 3.11. The lowest BCUT2D eigenvalue weighted by atomic mass is 10.0. The molecular formula is C19H25N4O2S+. The van der Waals surface area contributed by atoms with Gasteiger partial charge < -0.3 is 14.7 Å². The molecule has 7 heteroatoms. The molecule has 2 aromatic heterocycles. The minimum Gasteiger partial charge on any atom is -0.492 e. The number of aryl methyl sites for hydroxylation is 2. The van der Waals surface area contributed by atoms with Crippen LogP contribution in [0.25, 0.3) is 4.96 Å². The Labute approximate surface area is 157 Å². The van der Waals surface area contributed by atoms with E-state index in [1.807, 2.05) is 6.92 Å². The van der Waals surface area contributed by atoms with Gasteiger partial charge in [0.25, 0.3) is 0 Å². The van der Waals surface area contributed by atoms with Crippen LogP contribution in [0.4, 0.5) is 0 Å². The van der Waals surface area contributed by atoms with E-state index < -0.39 is 0 Å². The van der Waals surface area contributed by atoms with Crippen molar-refractivity contribution in [3.63, 3.8) is 0 Å². The largest absolute Gasteiger partial charge is 0.492 e. The maximum Gasteiger partial charge on any atom is 0.235 e. The van der Waals surface area contributed by atoms with E-state index in [1.165, 1.54) is 16.0 Å². The number of fused-ring (bicyclic) bond motifs is 1. The number of hydrogen-bond donors (Lipinski definition) is 2. The average molecular weight is 374 g/mol. The van der Waals surface area contributed by atoms with E-state index in [2.05, 4.69) is 41.3 Å². The molecule has 1 atom stereocenters. The monoisotopic (exact) mass is 373 g/mol. The molecule has 0 saturated carbocycles. The first kappa shape index (κ1) is 17.5. The number of benzene rings is 1. The van der Waals surface area contributed by atoms with Gasteiger partial charge in [-0.3, -0.25) is 0 Å². The molecule has 0 amide bonds. The van der Waals surface area contributed by atoms with Gasteiger partial charge in [0, 0.05) is 12.0 Å². The van der Waals surface area contributed by atoms with Crippen LogP contribution >= 0.6 is 11.3 Å². The number of aromatic hydroxyl groups is 1. The Bertz CT molecular complexity index is 881. The van der Waals surface area contributed by atoms with Crippen molar-refractivity contribution in [2.24, 2.45) is 0 Å². The Morgan fingerprint density at radius 1 is 1.19 bits per heavy atom. The van der Waals surface area contributed by atoms with Crippen molar-refractivity contribution in [3.8, 4) is 5.88 Å². The summed E-state index contributed by atoms with van der Waals surface area (Å²) in [7, 11) is 0. The Morgan fingerprint density at radius 2 is 1.92 bits per heavy atom. The minimum atomic E-state index is 0.0726. The number of morpholine rings is 1. The molecule has 0 radical (unpaired) electrons. The van der Waals surface area contributed by atoms with Crippen molar-refractivity contribution in [1.29, 1.82) is 0 Å². The maximum atomic E-state index is 10.9. The summed E-state index contributed by atoms with van der Waals surface area (Å²) in [4.78, 5) is 7.65. The predicted molar refractivity (Wildman–Crippen MR) is 101 cm³/mol. The summed E-state index contributed by atoms with van der Waals surface area (Å²) >= 11 is 1.54. The first-order valence-corrected chi connectivity index (χ1v) is 10.1. The summed E-state index contributed by atoms with van der Waals surface area (Å²) in [5.41, 5.74) is 2.54. The Morgan fingerprint density at radius 3 is 2.54 bits per heavy atom. The summed E-state index contributed by atoms with van der Waals surface area (Å²) in [5.74, 6) is 0.987. The molecular weight excluding hydrogens is 348 g/mol. The van der Waals surface area contributed by atoms with Crippen molar-refractivity contribution in [2.75, 3.05) is 26.3 Å². The highest BCUT2D eigenvalue weighted by atomic mass is 32.1. The van der Waals surface area contributed by atoms with Gasteiger partial charge in [-0.05, 0) is 12.0 Å². The van der Waals surface area contributed by atoms with Crippen molar-refractivity contribution in [1.82, 2.24) is 14.6 Å². The SMILES string of the molecule is CCc1ccc([C@H](c2sc3nc(CC)nn3c2O)[NH+]2CCOCC2)cc1. The third-order valence-electron chi connectivity index (χ3n) is 5.09. The number of quaternary nitrogens is 1. The van der Waals surface area contributed by atoms with Crippen molar-refractivity contribution < 1.29 is 14.7 Å². The summed E-state index contributed by atoms with van der Waals surface area (Å²) < 4.78 is 7.14. The van der Waals surface area contributed by atoms with E-state index in [1.54, 1.807) is 15.9 Å². The van der Waals surface area contributed by atoms with Gasteiger partial charge in [-0.2, -0.15) is 4.52 Å². The zero-order chi connectivity index (χ0) is 18.1. The van der Waals surface area contributed by atoms with Crippen molar-refractivity contribution in [2.45, 2.75) is 32.7 Å². The summed E-state index contributed by atoms with van der Waals surface area (Å²) in [6, 6.07) is 8.83. The molecule has 2 N–H and O–H groups in total. The molecule has 1 aromatic carbocycles. The van der Waals surface area contributed by atoms with Gasteiger partial charge in [0.15, 0.2) is 11.9 Å². The quantitative estimate of drug-likeness (QED) is 0.713. The summed E-state index contributed by atoms with van der Waals surface area (Å²) in [6.45, 7) is 7.53. The molecule has 6 nitrogen and oxygen atoms in total. The first-order valence-electron chi connectivity index (χ1n) is 9.29. The topological polar surface area (TPSA) is 64.1 Å². The molecule has 4 rings (SSSR count). The number of rotatable bonds is 5. The Kier molecular flexibility index (Phi) is 4.93. The molecule has 1 aliphatic rings. The predicted octanol–water partition coefficient (Wildman–Crippen LogP) is 1.63. The van der Waals surface area contributed by atoms with Gasteiger partial charge in [-0.25, -0.2) is 4.98 Å². The van der Waals surface area contributed by atoms with Crippen molar-refractivity contribution in [3.05, 3.63) is 46.1 Å². The number of nitrogens with one attached hydrogen (secondary N) is 1. The van der Waals surface area contributed by atoms with Crippen LogP contribution in [0.1, 0.15) is 41.7 Å². The molecule has 1 aliphatic heterocycles. The van der Waals surface area contributed by atoms with Crippen molar-refractivity contribution >= 4 is 16.3 Å². The number of hydrogen-bond acceptors (Lipinski definition) is 5. The average Bonchev–Trinajstić information content (AvgIpc) is 3.23. The zero-order valence-electron chi connectivity index (χ0n) is 15.2. The number of ether oxygens (including phenoxy) is 1. The Hall–Kier alpha value is -1.96. The van der Waals surface area contributed by atoms with Crippen LogP contribution in [0.2, 0.25) is 0 Å². The van der Waals surface area contributed by atoms with Gasteiger partial charge in [0.2, 0.25) is 10.8 Å². The lowest BCUT2D eigenvalue weighted by Crippen LogP contribution is -3.14. The number of thiazole rings is 1.